The van der Waals surface area contributed by atoms with Crippen molar-refractivity contribution in [1.82, 2.24) is 5.32 Å². The number of nitrogens with one attached hydrogen (secondary N) is 1. The average Bonchev–Trinajstić information content (AvgIpc) is 2.54. The van der Waals surface area contributed by atoms with Gasteiger partial charge in [-0.1, -0.05) is 6.92 Å². The van der Waals surface area contributed by atoms with Crippen LogP contribution in [0.1, 0.15) is 32.6 Å². The van der Waals surface area contributed by atoms with Crippen LogP contribution in [0.3, 0.4) is 0 Å². The molecule has 3 atom stereocenters. The molecule has 5 heteroatoms. The van der Waals surface area contributed by atoms with Gasteiger partial charge in [-0.05, 0) is 37.5 Å². The van der Waals surface area contributed by atoms with Crippen LogP contribution in [-0.4, -0.2) is 18.2 Å². The minimum Gasteiger partial charge on any atom is -0.459 e. The molecular formula is C14H22FN3O. The van der Waals surface area contributed by atoms with E-state index in [1.165, 1.54) is 6.08 Å². The molecule has 0 bridgehead atoms. The zero-order valence-electron chi connectivity index (χ0n) is 11.2. The molecular weight excluding hydrogens is 245 g/mol. The normalized spacial score (nSPS) is 32.0. The molecule has 0 aromatic heterocycles. The Hall–Kier alpha value is -1.17. The van der Waals surface area contributed by atoms with Crippen molar-refractivity contribution in [2.45, 2.75) is 50.9 Å². The molecule has 0 saturated carbocycles. The van der Waals surface area contributed by atoms with E-state index in [0.29, 0.717) is 12.5 Å². The second-order valence-corrected chi connectivity index (χ2v) is 5.05. The molecule has 2 rings (SSSR count). The van der Waals surface area contributed by atoms with Crippen LogP contribution in [0.25, 0.3) is 0 Å². The van der Waals surface area contributed by atoms with Crippen LogP contribution in [0, 0.1) is 0 Å². The van der Waals surface area contributed by atoms with Crippen molar-refractivity contribution in [3.63, 3.8) is 0 Å². The Morgan fingerprint density at radius 1 is 1.42 bits per heavy atom. The van der Waals surface area contributed by atoms with Gasteiger partial charge in [0.25, 0.3) is 0 Å². The van der Waals surface area contributed by atoms with Gasteiger partial charge in [0.15, 0.2) is 11.6 Å². The van der Waals surface area contributed by atoms with E-state index in [-0.39, 0.29) is 18.0 Å². The molecule has 1 aliphatic carbocycles. The van der Waals surface area contributed by atoms with Crippen molar-refractivity contribution in [2.75, 3.05) is 0 Å². The predicted molar refractivity (Wildman–Crippen MR) is 73.5 cm³/mol. The number of halogens is 1. The molecule has 19 heavy (non-hydrogen) atoms. The summed E-state index contributed by atoms with van der Waals surface area (Å²) in [5.41, 5.74) is 11.6. The first-order valence-electron chi connectivity index (χ1n) is 6.82. The summed E-state index contributed by atoms with van der Waals surface area (Å²) in [7, 11) is 0. The van der Waals surface area contributed by atoms with Crippen molar-refractivity contribution in [1.29, 1.82) is 0 Å². The molecule has 1 aliphatic heterocycles. The van der Waals surface area contributed by atoms with Crippen molar-refractivity contribution >= 4 is 0 Å². The molecule has 0 radical (unpaired) electrons. The molecule has 0 fully saturated rings. The van der Waals surface area contributed by atoms with Gasteiger partial charge >= 0.3 is 0 Å². The lowest BCUT2D eigenvalue weighted by molar-refractivity contribution is 0.274. The molecule has 0 aromatic carbocycles. The Labute approximate surface area is 113 Å². The first-order valence-corrected chi connectivity index (χ1v) is 6.82. The quantitative estimate of drug-likeness (QED) is 0.729. The maximum absolute atomic E-state index is 13.7. The molecule has 0 amide bonds. The first kappa shape index (κ1) is 14.2. The molecule has 0 aromatic rings. The fourth-order valence-electron chi connectivity index (χ4n) is 2.32. The minimum absolute atomic E-state index is 0.249. The first-order chi connectivity index (χ1) is 9.08. The smallest absolute Gasteiger partial charge is 0.162 e. The second-order valence-electron chi connectivity index (χ2n) is 5.05. The van der Waals surface area contributed by atoms with Gasteiger partial charge in [-0.25, -0.2) is 4.39 Å². The summed E-state index contributed by atoms with van der Waals surface area (Å²) in [4.78, 5) is 0. The Morgan fingerprint density at radius 3 is 2.89 bits per heavy atom. The number of rotatable bonds is 3. The molecule has 2 aliphatic rings. The maximum atomic E-state index is 13.7. The fraction of sp³-hybridized carbons (Fsp3) is 0.571. The van der Waals surface area contributed by atoms with Gasteiger partial charge in [-0.15, -0.1) is 0 Å². The molecule has 1 heterocycles. The summed E-state index contributed by atoms with van der Waals surface area (Å²) in [6.45, 7) is 2.11. The number of nitrogens with two attached hydrogens (primary N) is 2. The van der Waals surface area contributed by atoms with Gasteiger partial charge in [-0.3, -0.25) is 5.32 Å². The van der Waals surface area contributed by atoms with E-state index in [0.717, 1.165) is 25.0 Å². The highest BCUT2D eigenvalue weighted by Crippen LogP contribution is 2.26. The van der Waals surface area contributed by atoms with Crippen LogP contribution < -0.4 is 16.8 Å². The van der Waals surface area contributed by atoms with E-state index in [1.54, 1.807) is 6.08 Å². The van der Waals surface area contributed by atoms with Gasteiger partial charge in [0, 0.05) is 18.5 Å². The third kappa shape index (κ3) is 3.89. The Morgan fingerprint density at radius 2 is 2.21 bits per heavy atom. The minimum atomic E-state index is -0.391. The zero-order valence-corrected chi connectivity index (χ0v) is 11.2. The van der Waals surface area contributed by atoms with E-state index < -0.39 is 5.83 Å². The highest BCUT2D eigenvalue weighted by Gasteiger charge is 2.20. The summed E-state index contributed by atoms with van der Waals surface area (Å²) in [6.07, 6.45) is 7.96. The van der Waals surface area contributed by atoms with Crippen LogP contribution in [0.2, 0.25) is 0 Å². The van der Waals surface area contributed by atoms with Crippen molar-refractivity contribution < 1.29 is 9.13 Å². The van der Waals surface area contributed by atoms with Gasteiger partial charge in [-0.2, -0.15) is 0 Å². The highest BCUT2D eigenvalue weighted by atomic mass is 19.1. The topological polar surface area (TPSA) is 73.3 Å². The summed E-state index contributed by atoms with van der Waals surface area (Å²) in [5.74, 6) is 0.591. The van der Waals surface area contributed by atoms with Crippen LogP contribution in [-0.2, 0) is 4.74 Å². The van der Waals surface area contributed by atoms with Gasteiger partial charge < -0.3 is 16.2 Å². The molecule has 4 nitrogen and oxygen atoms in total. The lowest BCUT2D eigenvalue weighted by Crippen LogP contribution is -2.41. The molecule has 5 N–H and O–H groups in total. The molecule has 0 saturated heterocycles. The van der Waals surface area contributed by atoms with Crippen molar-refractivity contribution in [3.05, 3.63) is 35.6 Å². The van der Waals surface area contributed by atoms with Crippen molar-refractivity contribution in [2.24, 2.45) is 11.5 Å². The second kappa shape index (κ2) is 6.32. The largest absolute Gasteiger partial charge is 0.459 e. The maximum Gasteiger partial charge on any atom is 0.162 e. The van der Waals surface area contributed by atoms with Gasteiger partial charge in [0.05, 0.1) is 6.17 Å². The van der Waals surface area contributed by atoms with Gasteiger partial charge in [0.2, 0.25) is 0 Å². The Kier molecular flexibility index (Phi) is 4.74. The van der Waals surface area contributed by atoms with E-state index >= 15 is 0 Å². The summed E-state index contributed by atoms with van der Waals surface area (Å²) in [6, 6.07) is 0.116. The van der Waals surface area contributed by atoms with Crippen LogP contribution in [0.4, 0.5) is 4.39 Å². The zero-order chi connectivity index (χ0) is 13.8. The standard InChI is InChI=1S/C14H22FN3O/c1-2-10-4-5-11(8-14(17)18-10)19-13-6-3-9(16)7-12(13)15/h6-10,14,18H,2-5,16-17H2,1H3. The van der Waals surface area contributed by atoms with E-state index in [4.69, 9.17) is 16.2 Å². The third-order valence-corrected chi connectivity index (χ3v) is 3.44. The average molecular weight is 267 g/mol. The van der Waals surface area contributed by atoms with E-state index in [2.05, 4.69) is 12.2 Å². The van der Waals surface area contributed by atoms with Crippen LogP contribution in [0.5, 0.6) is 0 Å². The number of hydrogen-bond donors (Lipinski definition) is 3. The third-order valence-electron chi connectivity index (χ3n) is 3.44. The van der Waals surface area contributed by atoms with Crippen LogP contribution in [0.15, 0.2) is 35.6 Å². The fourth-order valence-corrected chi connectivity index (χ4v) is 2.32. The highest BCUT2D eigenvalue weighted by molar-refractivity contribution is 5.27. The van der Waals surface area contributed by atoms with E-state index in [1.807, 2.05) is 6.08 Å². The summed E-state index contributed by atoms with van der Waals surface area (Å²) in [5, 5.41) is 3.29. The molecule has 3 unspecified atom stereocenters. The number of ether oxygens (including phenoxy) is 1. The Bertz CT molecular complexity index is 417. The lowest BCUT2D eigenvalue weighted by Gasteiger charge is -2.17. The Balaban J connectivity index is 2.01. The van der Waals surface area contributed by atoms with Gasteiger partial charge in [0.1, 0.15) is 5.76 Å². The summed E-state index contributed by atoms with van der Waals surface area (Å²) >= 11 is 0. The summed E-state index contributed by atoms with van der Waals surface area (Å²) < 4.78 is 19.3. The number of hydrogen-bond acceptors (Lipinski definition) is 4. The monoisotopic (exact) mass is 267 g/mol. The SMILES string of the molecule is CCC1CCC(OC2=CCC(N)C=C2F)=CC(N)N1. The lowest BCUT2D eigenvalue weighted by atomic mass is 10.1. The molecule has 106 valence electrons. The van der Waals surface area contributed by atoms with Crippen molar-refractivity contribution in [3.8, 4) is 0 Å². The van der Waals surface area contributed by atoms with Crippen LogP contribution >= 0.6 is 0 Å². The predicted octanol–water partition coefficient (Wildman–Crippen LogP) is 1.80. The van der Waals surface area contributed by atoms with E-state index in [9.17, 15) is 4.39 Å². The molecule has 0 spiro atoms. The number of allylic oxidation sites excluding steroid dienone is 2.